The maximum Gasteiger partial charge on any atom is 0.338 e. The molecule has 0 aliphatic heterocycles. The number of ketones is 1. The fourth-order valence-corrected chi connectivity index (χ4v) is 1.90. The third kappa shape index (κ3) is 4.45. The van der Waals surface area contributed by atoms with Crippen molar-refractivity contribution in [1.82, 2.24) is 0 Å². The number of anilines is 1. The Kier molecular flexibility index (Phi) is 5.36. The summed E-state index contributed by atoms with van der Waals surface area (Å²) in [6.07, 6.45) is 0. The highest BCUT2D eigenvalue weighted by Crippen LogP contribution is 2.13. The molecule has 2 aromatic carbocycles. The summed E-state index contributed by atoms with van der Waals surface area (Å²) in [7, 11) is 0. The maximum absolute atomic E-state index is 13.5. The Morgan fingerprint density at radius 2 is 1.71 bits per heavy atom. The smallest absolute Gasteiger partial charge is 0.338 e. The van der Waals surface area contributed by atoms with E-state index in [0.29, 0.717) is 5.69 Å². The largest absolute Gasteiger partial charge is 0.454 e. The minimum Gasteiger partial charge on any atom is -0.454 e. The molecule has 24 heavy (non-hydrogen) atoms. The van der Waals surface area contributed by atoms with Crippen molar-refractivity contribution < 1.29 is 27.9 Å². The Balaban J connectivity index is 1.98. The van der Waals surface area contributed by atoms with E-state index in [-0.39, 0.29) is 11.5 Å². The zero-order valence-electron chi connectivity index (χ0n) is 12.6. The molecule has 1 amide bonds. The number of benzene rings is 2. The molecule has 0 aliphatic rings. The molecule has 0 aromatic heterocycles. The van der Waals surface area contributed by atoms with Crippen LogP contribution in [0, 0.1) is 11.6 Å². The average molecular weight is 333 g/mol. The lowest BCUT2D eigenvalue weighted by molar-refractivity contribution is -0.114. The van der Waals surface area contributed by atoms with Gasteiger partial charge in [-0.3, -0.25) is 9.59 Å². The van der Waals surface area contributed by atoms with Crippen molar-refractivity contribution >= 4 is 23.3 Å². The van der Waals surface area contributed by atoms with Gasteiger partial charge in [-0.05, 0) is 42.5 Å². The van der Waals surface area contributed by atoms with Crippen molar-refractivity contribution in [2.45, 2.75) is 6.92 Å². The Labute approximate surface area is 136 Å². The lowest BCUT2D eigenvalue weighted by Gasteiger charge is -2.06. The van der Waals surface area contributed by atoms with Gasteiger partial charge in [0, 0.05) is 12.6 Å². The molecule has 0 fully saturated rings. The van der Waals surface area contributed by atoms with Crippen LogP contribution in [-0.2, 0) is 9.53 Å². The van der Waals surface area contributed by atoms with Gasteiger partial charge in [-0.1, -0.05) is 0 Å². The van der Waals surface area contributed by atoms with Crippen molar-refractivity contribution in [3.05, 3.63) is 65.2 Å². The number of rotatable bonds is 5. The molecule has 0 spiro atoms. The molecule has 0 bridgehead atoms. The van der Waals surface area contributed by atoms with Crippen molar-refractivity contribution in [2.24, 2.45) is 0 Å². The van der Waals surface area contributed by atoms with E-state index in [4.69, 9.17) is 4.74 Å². The second kappa shape index (κ2) is 7.45. The van der Waals surface area contributed by atoms with E-state index in [1.807, 2.05) is 0 Å². The molecule has 0 aliphatic carbocycles. The normalized spacial score (nSPS) is 10.1. The number of halogens is 2. The van der Waals surface area contributed by atoms with Crippen LogP contribution in [0.1, 0.15) is 27.6 Å². The van der Waals surface area contributed by atoms with Crippen molar-refractivity contribution in [3.63, 3.8) is 0 Å². The summed E-state index contributed by atoms with van der Waals surface area (Å²) in [4.78, 5) is 34.5. The second-order valence-electron chi connectivity index (χ2n) is 4.88. The van der Waals surface area contributed by atoms with Crippen LogP contribution < -0.4 is 5.32 Å². The summed E-state index contributed by atoms with van der Waals surface area (Å²) in [5.74, 6) is -3.56. The number of carbonyl (C=O) groups is 3. The maximum atomic E-state index is 13.5. The van der Waals surface area contributed by atoms with Gasteiger partial charge in [-0.25, -0.2) is 13.6 Å². The van der Waals surface area contributed by atoms with E-state index in [1.54, 1.807) is 0 Å². The Hall–Kier alpha value is -3.09. The molecule has 0 saturated heterocycles. The van der Waals surface area contributed by atoms with Gasteiger partial charge < -0.3 is 10.1 Å². The van der Waals surface area contributed by atoms with Crippen LogP contribution in [0.3, 0.4) is 0 Å². The van der Waals surface area contributed by atoms with Gasteiger partial charge in [0.15, 0.2) is 6.61 Å². The van der Waals surface area contributed by atoms with Gasteiger partial charge in [0.25, 0.3) is 0 Å². The van der Waals surface area contributed by atoms with Crippen molar-refractivity contribution in [2.75, 3.05) is 11.9 Å². The fourth-order valence-electron chi connectivity index (χ4n) is 1.90. The number of Topliss-reactive ketones (excluding diaryl/α,β-unsaturated/α-hetero) is 1. The van der Waals surface area contributed by atoms with Crippen LogP contribution in [0.2, 0.25) is 0 Å². The molecule has 0 radical (unpaired) electrons. The van der Waals surface area contributed by atoms with Crippen LogP contribution in [0.25, 0.3) is 0 Å². The summed E-state index contributed by atoms with van der Waals surface area (Å²) in [6, 6.07) is 8.24. The van der Waals surface area contributed by atoms with Crippen molar-refractivity contribution in [1.29, 1.82) is 0 Å². The first-order valence-corrected chi connectivity index (χ1v) is 6.90. The summed E-state index contributed by atoms with van der Waals surface area (Å²) < 4.78 is 31.3. The van der Waals surface area contributed by atoms with Gasteiger partial charge in [0.1, 0.15) is 11.6 Å². The number of carbonyl (C=O) groups excluding carboxylic acids is 3. The highest BCUT2D eigenvalue weighted by Gasteiger charge is 2.16. The van der Waals surface area contributed by atoms with E-state index in [1.165, 1.54) is 31.2 Å². The number of nitrogens with one attached hydrogen (secondary N) is 1. The van der Waals surface area contributed by atoms with Crippen LogP contribution in [0.15, 0.2) is 42.5 Å². The topological polar surface area (TPSA) is 72.5 Å². The quantitative estimate of drug-likeness (QED) is 0.674. The molecule has 2 rings (SSSR count). The molecule has 124 valence electrons. The number of ether oxygens (including phenoxy) is 1. The second-order valence-corrected chi connectivity index (χ2v) is 4.88. The van der Waals surface area contributed by atoms with E-state index >= 15 is 0 Å². The van der Waals surface area contributed by atoms with Crippen LogP contribution >= 0.6 is 0 Å². The van der Waals surface area contributed by atoms with Crippen molar-refractivity contribution in [3.8, 4) is 0 Å². The summed E-state index contributed by atoms with van der Waals surface area (Å²) in [6.45, 7) is 0.631. The molecule has 2 aromatic rings. The van der Waals surface area contributed by atoms with E-state index in [9.17, 15) is 23.2 Å². The molecule has 0 heterocycles. The highest BCUT2D eigenvalue weighted by molar-refractivity contribution is 5.99. The summed E-state index contributed by atoms with van der Waals surface area (Å²) in [5.41, 5.74) is 0.164. The molecule has 5 nitrogen and oxygen atoms in total. The third-order valence-corrected chi connectivity index (χ3v) is 3.00. The van der Waals surface area contributed by atoms with Crippen LogP contribution in [-0.4, -0.2) is 24.3 Å². The van der Waals surface area contributed by atoms with Gasteiger partial charge in [-0.2, -0.15) is 0 Å². The Morgan fingerprint density at radius 3 is 2.33 bits per heavy atom. The fraction of sp³-hybridized carbons (Fsp3) is 0.118. The van der Waals surface area contributed by atoms with Gasteiger partial charge in [0.2, 0.25) is 11.7 Å². The first kappa shape index (κ1) is 17.3. The van der Waals surface area contributed by atoms with E-state index in [0.717, 1.165) is 18.2 Å². The minimum atomic E-state index is -0.892. The highest BCUT2D eigenvalue weighted by atomic mass is 19.1. The van der Waals surface area contributed by atoms with Gasteiger partial charge >= 0.3 is 5.97 Å². The number of amides is 1. The first-order chi connectivity index (χ1) is 11.4. The molecule has 1 N–H and O–H groups in total. The number of hydrogen-bond acceptors (Lipinski definition) is 4. The summed E-state index contributed by atoms with van der Waals surface area (Å²) >= 11 is 0. The first-order valence-electron chi connectivity index (χ1n) is 6.90. The standard InChI is InChI=1S/C17H13F2NO4/c1-10(21)20-13-5-2-11(3-6-13)17(23)24-9-16(22)14-8-12(18)4-7-15(14)19/h2-8H,9H2,1H3,(H,20,21). The zero-order valence-corrected chi connectivity index (χ0v) is 12.6. The Bertz CT molecular complexity index is 788. The summed E-state index contributed by atoms with van der Waals surface area (Å²) in [5, 5.41) is 2.53. The zero-order chi connectivity index (χ0) is 17.7. The van der Waals surface area contributed by atoms with Gasteiger partial charge in [-0.15, -0.1) is 0 Å². The lowest BCUT2D eigenvalue weighted by Crippen LogP contribution is -2.15. The molecule has 0 saturated carbocycles. The number of esters is 1. The van der Waals surface area contributed by atoms with Crippen LogP contribution in [0.4, 0.5) is 14.5 Å². The molecular weight excluding hydrogens is 320 g/mol. The molecule has 0 atom stereocenters. The minimum absolute atomic E-state index is 0.150. The van der Waals surface area contributed by atoms with E-state index in [2.05, 4.69) is 5.32 Å². The van der Waals surface area contributed by atoms with Crippen LogP contribution in [0.5, 0.6) is 0 Å². The SMILES string of the molecule is CC(=O)Nc1ccc(C(=O)OCC(=O)c2cc(F)ccc2F)cc1. The predicted octanol–water partition coefficient (Wildman–Crippen LogP) is 2.96. The van der Waals surface area contributed by atoms with E-state index < -0.39 is 35.6 Å². The number of hydrogen-bond donors (Lipinski definition) is 1. The van der Waals surface area contributed by atoms with Gasteiger partial charge in [0.05, 0.1) is 11.1 Å². The molecule has 0 unspecified atom stereocenters. The molecule has 7 heteroatoms. The third-order valence-electron chi connectivity index (χ3n) is 3.00. The lowest BCUT2D eigenvalue weighted by atomic mass is 10.1. The Morgan fingerprint density at radius 1 is 1.04 bits per heavy atom. The molecular formula is C17H13F2NO4. The monoisotopic (exact) mass is 333 g/mol. The predicted molar refractivity (Wildman–Crippen MR) is 81.7 cm³/mol. The average Bonchev–Trinajstić information content (AvgIpc) is 2.54.